The second kappa shape index (κ2) is 7.80. The Hall–Kier alpha value is -1.60. The van der Waals surface area contributed by atoms with Crippen molar-refractivity contribution in [1.29, 1.82) is 0 Å². The summed E-state index contributed by atoms with van der Waals surface area (Å²) in [6, 6.07) is 9.34. The number of hydrogen-bond acceptors (Lipinski definition) is 3. The first kappa shape index (κ1) is 20.1. The number of halogens is 2. The summed E-state index contributed by atoms with van der Waals surface area (Å²) in [5.74, 6) is -0.0517. The molecule has 0 radical (unpaired) electrons. The van der Waals surface area contributed by atoms with Gasteiger partial charge in [0.15, 0.2) is 0 Å². The molecule has 0 spiro atoms. The topological polar surface area (TPSA) is 66.5 Å². The van der Waals surface area contributed by atoms with Crippen molar-refractivity contribution < 1.29 is 13.2 Å². The summed E-state index contributed by atoms with van der Waals surface area (Å²) in [5, 5.41) is 0.953. The Morgan fingerprint density at radius 1 is 1.22 bits per heavy atom. The molecule has 1 aliphatic heterocycles. The molecule has 0 saturated heterocycles. The van der Waals surface area contributed by atoms with Crippen molar-refractivity contribution >= 4 is 44.8 Å². The van der Waals surface area contributed by atoms with Gasteiger partial charge in [-0.2, -0.15) is 0 Å². The van der Waals surface area contributed by atoms with Crippen molar-refractivity contribution in [1.82, 2.24) is 4.72 Å². The summed E-state index contributed by atoms with van der Waals surface area (Å²) in [6.07, 6.45) is 1.15. The van der Waals surface area contributed by atoms with Gasteiger partial charge in [-0.1, -0.05) is 30.1 Å². The molecule has 0 aromatic heterocycles. The highest BCUT2D eigenvalue weighted by Gasteiger charge is 2.26. The Bertz CT molecular complexity index is 992. The van der Waals surface area contributed by atoms with Crippen LogP contribution < -0.4 is 9.62 Å². The highest BCUT2D eigenvalue weighted by molar-refractivity contribution is 7.89. The second-order valence-electron chi connectivity index (χ2n) is 6.46. The van der Waals surface area contributed by atoms with Crippen LogP contribution in [0.5, 0.6) is 0 Å². The zero-order valence-electron chi connectivity index (χ0n) is 15.0. The molecule has 1 N–H and O–H groups in total. The van der Waals surface area contributed by atoms with Gasteiger partial charge in [-0.15, -0.1) is 0 Å². The fraction of sp³-hybridized carbons (Fsp3) is 0.316. The Labute approximate surface area is 169 Å². The van der Waals surface area contributed by atoms with E-state index >= 15 is 0 Å². The summed E-state index contributed by atoms with van der Waals surface area (Å²) in [7, 11) is -3.76. The fourth-order valence-corrected chi connectivity index (χ4v) is 5.05. The Morgan fingerprint density at radius 3 is 2.63 bits per heavy atom. The van der Waals surface area contributed by atoms with E-state index in [4.69, 9.17) is 23.2 Å². The van der Waals surface area contributed by atoms with Gasteiger partial charge in [0, 0.05) is 35.2 Å². The molecule has 2 aromatic rings. The average molecular weight is 427 g/mol. The van der Waals surface area contributed by atoms with E-state index in [-0.39, 0.29) is 10.8 Å². The van der Waals surface area contributed by atoms with E-state index in [2.05, 4.69) is 4.72 Å². The Balaban J connectivity index is 1.90. The third-order valence-electron chi connectivity index (χ3n) is 4.68. The summed E-state index contributed by atoms with van der Waals surface area (Å²) in [4.78, 5) is 13.5. The lowest BCUT2D eigenvalue weighted by molar-refractivity contribution is -0.116. The van der Waals surface area contributed by atoms with Crippen molar-refractivity contribution in [3.63, 3.8) is 0 Å². The molecule has 2 aromatic carbocycles. The van der Waals surface area contributed by atoms with Gasteiger partial charge in [0.25, 0.3) is 0 Å². The quantitative estimate of drug-likeness (QED) is 0.773. The van der Waals surface area contributed by atoms with E-state index in [0.29, 0.717) is 35.0 Å². The number of carbonyl (C=O) groups is 1. The minimum atomic E-state index is -3.76. The minimum absolute atomic E-state index is 0.0517. The van der Waals surface area contributed by atoms with Crippen LogP contribution in [0.3, 0.4) is 0 Å². The monoisotopic (exact) mass is 426 g/mol. The van der Waals surface area contributed by atoms with Gasteiger partial charge in [-0.25, -0.2) is 13.1 Å². The number of nitrogens with zero attached hydrogens (tertiary/aromatic N) is 1. The predicted octanol–water partition coefficient (Wildman–Crippen LogP) is 4.33. The SMILES string of the molecule is CC[C@@H](NS(=O)(=O)c1ccc2c(c1)CCN2C(C)=O)c1cc(Cl)ccc1Cl. The van der Waals surface area contributed by atoms with Crippen LogP contribution in [0.15, 0.2) is 41.3 Å². The van der Waals surface area contributed by atoms with Gasteiger partial charge in [0.05, 0.1) is 4.90 Å². The van der Waals surface area contributed by atoms with E-state index in [1.165, 1.54) is 13.0 Å². The minimum Gasteiger partial charge on any atom is -0.312 e. The third kappa shape index (κ3) is 4.14. The zero-order chi connectivity index (χ0) is 19.8. The Kier molecular flexibility index (Phi) is 5.82. The largest absolute Gasteiger partial charge is 0.312 e. The zero-order valence-corrected chi connectivity index (χ0v) is 17.3. The molecule has 1 atom stereocenters. The van der Waals surface area contributed by atoms with Crippen molar-refractivity contribution in [3.05, 3.63) is 57.6 Å². The van der Waals surface area contributed by atoms with E-state index in [1.54, 1.807) is 35.2 Å². The lowest BCUT2D eigenvalue weighted by Gasteiger charge is -2.20. The van der Waals surface area contributed by atoms with Crippen LogP contribution in [0.1, 0.15) is 37.4 Å². The number of rotatable bonds is 5. The standard InChI is InChI=1S/C19H20Cl2N2O3S/c1-3-18(16-11-14(20)4-6-17(16)21)22-27(25,26)15-5-7-19-13(10-15)8-9-23(19)12(2)24/h4-7,10-11,18,22H,3,8-9H2,1-2H3/t18-/m1/s1. The average Bonchev–Trinajstić information content (AvgIpc) is 3.05. The van der Waals surface area contributed by atoms with Gasteiger partial charge in [0.1, 0.15) is 0 Å². The molecular formula is C19H20Cl2N2O3S. The van der Waals surface area contributed by atoms with Gasteiger partial charge in [-0.3, -0.25) is 4.79 Å². The molecule has 3 rings (SSSR count). The van der Waals surface area contributed by atoms with Crippen molar-refractivity contribution in [2.75, 3.05) is 11.4 Å². The Morgan fingerprint density at radius 2 is 1.96 bits per heavy atom. The van der Waals surface area contributed by atoms with Crippen LogP contribution in [0, 0.1) is 0 Å². The van der Waals surface area contributed by atoms with E-state index in [0.717, 1.165) is 11.3 Å². The van der Waals surface area contributed by atoms with Crippen LogP contribution in [-0.2, 0) is 21.2 Å². The third-order valence-corrected chi connectivity index (χ3v) is 6.72. The number of sulfonamides is 1. The van der Waals surface area contributed by atoms with Gasteiger partial charge in [-0.05, 0) is 60.4 Å². The molecule has 0 saturated carbocycles. The van der Waals surface area contributed by atoms with Gasteiger partial charge < -0.3 is 4.90 Å². The highest BCUT2D eigenvalue weighted by atomic mass is 35.5. The van der Waals surface area contributed by atoms with Crippen LogP contribution in [0.25, 0.3) is 0 Å². The number of fused-ring (bicyclic) bond motifs is 1. The summed E-state index contributed by atoms with van der Waals surface area (Å²) < 4.78 is 28.6. The normalized spacial score (nSPS) is 14.9. The summed E-state index contributed by atoms with van der Waals surface area (Å²) in [5.41, 5.74) is 2.26. The van der Waals surface area contributed by atoms with Crippen LogP contribution in [0.4, 0.5) is 5.69 Å². The molecule has 0 bridgehead atoms. The number of benzene rings is 2. The molecular weight excluding hydrogens is 407 g/mol. The van der Waals surface area contributed by atoms with Crippen molar-refractivity contribution in [2.45, 2.75) is 37.6 Å². The van der Waals surface area contributed by atoms with Crippen molar-refractivity contribution in [2.24, 2.45) is 0 Å². The molecule has 1 heterocycles. The second-order valence-corrected chi connectivity index (χ2v) is 9.02. The predicted molar refractivity (Wildman–Crippen MR) is 108 cm³/mol. The summed E-state index contributed by atoms with van der Waals surface area (Å²) >= 11 is 12.3. The molecule has 5 nitrogen and oxygen atoms in total. The lowest BCUT2D eigenvalue weighted by Crippen LogP contribution is -2.28. The number of hydrogen-bond donors (Lipinski definition) is 1. The number of amides is 1. The maximum atomic E-state index is 12.9. The lowest BCUT2D eigenvalue weighted by atomic mass is 10.1. The number of carbonyl (C=O) groups excluding carboxylic acids is 1. The fourth-order valence-electron chi connectivity index (χ4n) is 3.28. The smallest absolute Gasteiger partial charge is 0.241 e. The van der Waals surface area contributed by atoms with Crippen LogP contribution >= 0.6 is 23.2 Å². The molecule has 27 heavy (non-hydrogen) atoms. The molecule has 1 amide bonds. The molecule has 0 unspecified atom stereocenters. The number of nitrogens with one attached hydrogen (secondary N) is 1. The van der Waals surface area contributed by atoms with E-state index < -0.39 is 16.1 Å². The first-order valence-corrected chi connectivity index (χ1v) is 10.8. The maximum Gasteiger partial charge on any atom is 0.241 e. The van der Waals surface area contributed by atoms with Crippen LogP contribution in [-0.4, -0.2) is 20.9 Å². The molecule has 0 fully saturated rings. The number of anilines is 1. The molecule has 0 aliphatic carbocycles. The van der Waals surface area contributed by atoms with Gasteiger partial charge in [0.2, 0.25) is 15.9 Å². The molecule has 8 heteroatoms. The first-order valence-electron chi connectivity index (χ1n) is 8.61. The van der Waals surface area contributed by atoms with E-state index in [9.17, 15) is 13.2 Å². The van der Waals surface area contributed by atoms with E-state index in [1.807, 2.05) is 6.92 Å². The van der Waals surface area contributed by atoms with Crippen LogP contribution in [0.2, 0.25) is 10.0 Å². The molecule has 144 valence electrons. The summed E-state index contributed by atoms with van der Waals surface area (Å²) in [6.45, 7) is 3.94. The van der Waals surface area contributed by atoms with Crippen molar-refractivity contribution in [3.8, 4) is 0 Å². The molecule has 1 aliphatic rings. The first-order chi connectivity index (χ1) is 12.7. The van der Waals surface area contributed by atoms with Gasteiger partial charge >= 0.3 is 0 Å². The maximum absolute atomic E-state index is 12.9. The highest BCUT2D eigenvalue weighted by Crippen LogP contribution is 2.32.